The van der Waals surface area contributed by atoms with Crippen LogP contribution in [-0.4, -0.2) is 0 Å². The Morgan fingerprint density at radius 1 is 1.11 bits per heavy atom. The van der Waals surface area contributed by atoms with Crippen molar-refractivity contribution in [1.82, 2.24) is 0 Å². The lowest BCUT2D eigenvalue weighted by molar-refractivity contribution is 0.457. The molecule has 18 heavy (non-hydrogen) atoms. The molecule has 1 aromatic heterocycles. The molecule has 0 aliphatic heterocycles. The van der Waals surface area contributed by atoms with E-state index < -0.39 is 35.0 Å². The molecule has 96 valence electrons. The molecule has 1 nitrogen and oxygen atoms in total. The lowest BCUT2D eigenvalue weighted by Crippen LogP contribution is -2.10. The summed E-state index contributed by atoms with van der Waals surface area (Å²) >= 11 is 1.38. The molecule has 1 N–H and O–H groups in total. The SMILES string of the molecule is CC(Nc1c(F)c(F)cc(F)c1F)c1cccs1. The third-order valence-corrected chi connectivity index (χ3v) is 3.50. The largest absolute Gasteiger partial charge is 0.373 e. The van der Waals surface area contributed by atoms with Crippen LogP contribution in [0, 0.1) is 23.3 Å². The summed E-state index contributed by atoms with van der Waals surface area (Å²) in [5.74, 6) is -5.68. The van der Waals surface area contributed by atoms with Crippen molar-refractivity contribution >= 4 is 17.0 Å². The van der Waals surface area contributed by atoms with Crippen LogP contribution < -0.4 is 5.32 Å². The second-order valence-corrected chi connectivity index (χ2v) is 4.70. The standard InChI is InChI=1S/C12H9F4NS/c1-6(9-3-2-4-18-9)17-12-10(15)7(13)5-8(14)11(12)16/h2-6,17H,1H3. The zero-order chi connectivity index (χ0) is 13.3. The second kappa shape index (κ2) is 4.97. The topological polar surface area (TPSA) is 12.0 Å². The average molecular weight is 275 g/mol. The average Bonchev–Trinajstić information content (AvgIpc) is 2.85. The Hall–Kier alpha value is -1.56. The first-order chi connectivity index (χ1) is 8.50. The van der Waals surface area contributed by atoms with Crippen LogP contribution >= 0.6 is 11.3 Å². The molecule has 1 atom stereocenters. The number of hydrogen-bond acceptors (Lipinski definition) is 2. The van der Waals surface area contributed by atoms with E-state index in [1.807, 2.05) is 0 Å². The molecule has 0 aliphatic rings. The lowest BCUT2D eigenvalue weighted by atomic mass is 10.2. The molecule has 2 rings (SSSR count). The molecule has 0 fully saturated rings. The summed E-state index contributed by atoms with van der Waals surface area (Å²) in [7, 11) is 0. The van der Waals surface area contributed by atoms with E-state index in [1.165, 1.54) is 11.3 Å². The van der Waals surface area contributed by atoms with Crippen LogP contribution in [0.25, 0.3) is 0 Å². The Kier molecular flexibility index (Phi) is 3.56. The summed E-state index contributed by atoms with van der Waals surface area (Å²) in [4.78, 5) is 0.804. The van der Waals surface area contributed by atoms with Crippen LogP contribution in [0.4, 0.5) is 23.2 Å². The Morgan fingerprint density at radius 3 is 2.22 bits per heavy atom. The molecule has 1 heterocycles. The fourth-order valence-electron chi connectivity index (χ4n) is 1.53. The lowest BCUT2D eigenvalue weighted by Gasteiger charge is -2.15. The highest BCUT2D eigenvalue weighted by atomic mass is 32.1. The second-order valence-electron chi connectivity index (χ2n) is 3.72. The minimum absolute atomic E-state index is 0.186. The van der Waals surface area contributed by atoms with E-state index in [2.05, 4.69) is 5.32 Å². The highest BCUT2D eigenvalue weighted by molar-refractivity contribution is 7.10. The molecule has 0 spiro atoms. The monoisotopic (exact) mass is 275 g/mol. The Labute approximate surface area is 105 Å². The minimum atomic E-state index is -1.42. The van der Waals surface area contributed by atoms with Gasteiger partial charge in [-0.05, 0) is 18.4 Å². The summed E-state index contributed by atoms with van der Waals surface area (Å²) < 4.78 is 52.8. The number of thiophene rings is 1. The molecule has 0 saturated heterocycles. The number of halogens is 4. The summed E-state index contributed by atoms with van der Waals surface area (Å²) in [5, 5.41) is 4.24. The number of anilines is 1. The third kappa shape index (κ3) is 2.33. The van der Waals surface area contributed by atoms with Gasteiger partial charge in [0.15, 0.2) is 23.3 Å². The van der Waals surface area contributed by atoms with Gasteiger partial charge in [0, 0.05) is 10.9 Å². The highest BCUT2D eigenvalue weighted by Crippen LogP contribution is 2.29. The molecular weight excluding hydrogens is 266 g/mol. The molecule has 1 unspecified atom stereocenters. The van der Waals surface area contributed by atoms with Crippen LogP contribution in [0.5, 0.6) is 0 Å². The zero-order valence-corrected chi connectivity index (χ0v) is 10.1. The summed E-state index contributed by atoms with van der Waals surface area (Å²) in [6, 6.07) is 3.27. The van der Waals surface area contributed by atoms with Crippen molar-refractivity contribution in [3.8, 4) is 0 Å². The van der Waals surface area contributed by atoms with Crippen LogP contribution in [0.2, 0.25) is 0 Å². The summed E-state index contributed by atoms with van der Waals surface area (Å²) in [6.07, 6.45) is 0. The van der Waals surface area contributed by atoms with E-state index in [4.69, 9.17) is 0 Å². The van der Waals surface area contributed by atoms with Gasteiger partial charge in [-0.1, -0.05) is 6.07 Å². The van der Waals surface area contributed by atoms with Crippen molar-refractivity contribution in [2.24, 2.45) is 0 Å². The van der Waals surface area contributed by atoms with E-state index in [9.17, 15) is 17.6 Å². The first kappa shape index (κ1) is 12.9. The molecule has 0 bridgehead atoms. The van der Waals surface area contributed by atoms with Crippen LogP contribution in [0.3, 0.4) is 0 Å². The van der Waals surface area contributed by atoms with Crippen molar-refractivity contribution in [2.75, 3.05) is 5.32 Å². The first-order valence-electron chi connectivity index (χ1n) is 5.13. The zero-order valence-electron chi connectivity index (χ0n) is 9.31. The van der Waals surface area contributed by atoms with Crippen molar-refractivity contribution in [3.63, 3.8) is 0 Å². The number of rotatable bonds is 3. The van der Waals surface area contributed by atoms with Crippen LogP contribution in [-0.2, 0) is 0 Å². The molecule has 0 amide bonds. The number of benzene rings is 1. The van der Waals surface area contributed by atoms with E-state index in [0.717, 1.165) is 4.88 Å². The maximum absolute atomic E-state index is 13.4. The fourth-order valence-corrected chi connectivity index (χ4v) is 2.26. The molecule has 2 aromatic rings. The normalized spacial score (nSPS) is 12.5. The van der Waals surface area contributed by atoms with Gasteiger partial charge in [-0.25, -0.2) is 17.6 Å². The predicted molar refractivity (Wildman–Crippen MR) is 62.6 cm³/mol. The Bertz CT molecular complexity index is 527. The van der Waals surface area contributed by atoms with E-state index >= 15 is 0 Å². The Balaban J connectivity index is 2.34. The van der Waals surface area contributed by atoms with Crippen LogP contribution in [0.15, 0.2) is 23.6 Å². The van der Waals surface area contributed by atoms with Crippen molar-refractivity contribution in [2.45, 2.75) is 13.0 Å². The van der Waals surface area contributed by atoms with Crippen molar-refractivity contribution in [1.29, 1.82) is 0 Å². The van der Waals surface area contributed by atoms with Gasteiger partial charge in [0.25, 0.3) is 0 Å². The predicted octanol–water partition coefficient (Wildman–Crippen LogP) is 4.48. The van der Waals surface area contributed by atoms with Gasteiger partial charge in [-0.15, -0.1) is 11.3 Å². The molecule has 1 aromatic carbocycles. The van der Waals surface area contributed by atoms with Gasteiger partial charge in [0.05, 0.1) is 6.04 Å². The van der Waals surface area contributed by atoms with Crippen molar-refractivity contribution in [3.05, 3.63) is 51.7 Å². The highest BCUT2D eigenvalue weighted by Gasteiger charge is 2.20. The molecule has 0 aliphatic carbocycles. The number of hydrogen-bond donors (Lipinski definition) is 1. The fraction of sp³-hybridized carbons (Fsp3) is 0.167. The van der Waals surface area contributed by atoms with Gasteiger partial charge in [-0.2, -0.15) is 0 Å². The quantitative estimate of drug-likeness (QED) is 0.643. The smallest absolute Gasteiger partial charge is 0.185 e. The van der Waals surface area contributed by atoms with Crippen LogP contribution in [0.1, 0.15) is 17.8 Å². The van der Waals surface area contributed by atoms with E-state index in [0.29, 0.717) is 0 Å². The summed E-state index contributed by atoms with van der Waals surface area (Å²) in [6.45, 7) is 1.65. The van der Waals surface area contributed by atoms with Gasteiger partial charge in [0.1, 0.15) is 5.69 Å². The van der Waals surface area contributed by atoms with Gasteiger partial charge in [0.2, 0.25) is 0 Å². The summed E-state index contributed by atoms with van der Waals surface area (Å²) in [5.41, 5.74) is -0.784. The minimum Gasteiger partial charge on any atom is -0.373 e. The Morgan fingerprint density at radius 2 is 1.72 bits per heavy atom. The van der Waals surface area contributed by atoms with Gasteiger partial charge in [-0.3, -0.25) is 0 Å². The van der Waals surface area contributed by atoms with E-state index in [1.54, 1.807) is 24.4 Å². The molecule has 6 heteroatoms. The maximum atomic E-state index is 13.4. The third-order valence-electron chi connectivity index (χ3n) is 2.44. The van der Waals surface area contributed by atoms with Crippen molar-refractivity contribution < 1.29 is 17.6 Å². The molecular formula is C12H9F4NS. The molecule has 0 saturated carbocycles. The van der Waals surface area contributed by atoms with Gasteiger partial charge < -0.3 is 5.32 Å². The number of nitrogens with one attached hydrogen (secondary N) is 1. The van der Waals surface area contributed by atoms with E-state index in [-0.39, 0.29) is 6.07 Å². The first-order valence-corrected chi connectivity index (χ1v) is 6.01. The maximum Gasteiger partial charge on any atom is 0.185 e. The molecule has 0 radical (unpaired) electrons. The van der Waals surface area contributed by atoms with Gasteiger partial charge >= 0.3 is 0 Å².